The van der Waals surface area contributed by atoms with Crippen LogP contribution in [0.5, 0.6) is 0 Å². The number of hydrogen-bond donors (Lipinski definition) is 2. The molecular weight excluding hydrogens is 164 g/mol. The van der Waals surface area contributed by atoms with E-state index in [1.807, 2.05) is 23.7 Å². The highest BCUT2D eigenvalue weighted by molar-refractivity contribution is 5.79. The monoisotopic (exact) mass is 176 g/mol. The van der Waals surface area contributed by atoms with Crippen LogP contribution in [-0.2, 0) is 7.05 Å². The van der Waals surface area contributed by atoms with E-state index in [1.165, 1.54) is 5.56 Å². The van der Waals surface area contributed by atoms with Gasteiger partial charge in [-0.2, -0.15) is 0 Å². The van der Waals surface area contributed by atoms with Crippen LogP contribution in [0.2, 0.25) is 0 Å². The van der Waals surface area contributed by atoms with Gasteiger partial charge in [0, 0.05) is 7.05 Å². The van der Waals surface area contributed by atoms with Gasteiger partial charge in [0.15, 0.2) is 0 Å². The number of rotatable bonds is 1. The summed E-state index contributed by atoms with van der Waals surface area (Å²) in [5.74, 6) is 6.00. The Labute approximate surface area is 76.3 Å². The lowest BCUT2D eigenvalue weighted by Crippen LogP contribution is -2.11. The van der Waals surface area contributed by atoms with Gasteiger partial charge in [-0.05, 0) is 24.6 Å². The topological polar surface area (TPSA) is 55.9 Å². The SMILES string of the molecule is Cc1ccc2nc(NN)n(C)c2c1. The molecule has 1 aromatic heterocycles. The van der Waals surface area contributed by atoms with Gasteiger partial charge < -0.3 is 4.57 Å². The van der Waals surface area contributed by atoms with Crippen molar-refractivity contribution in [3.05, 3.63) is 23.8 Å². The molecule has 0 spiro atoms. The second kappa shape index (κ2) is 2.74. The summed E-state index contributed by atoms with van der Waals surface area (Å²) in [4.78, 5) is 4.30. The minimum atomic E-state index is 0.681. The molecule has 2 aromatic rings. The van der Waals surface area contributed by atoms with E-state index in [0.29, 0.717) is 5.95 Å². The number of hydrazine groups is 1. The van der Waals surface area contributed by atoms with Gasteiger partial charge in [0.2, 0.25) is 5.95 Å². The lowest BCUT2D eigenvalue weighted by Gasteiger charge is -1.99. The number of aromatic nitrogens is 2. The standard InChI is InChI=1S/C9H12N4/c1-6-3-4-7-8(5-6)13(2)9(11-7)12-10/h3-5H,10H2,1-2H3,(H,11,12). The van der Waals surface area contributed by atoms with Gasteiger partial charge >= 0.3 is 0 Å². The summed E-state index contributed by atoms with van der Waals surface area (Å²) < 4.78 is 1.93. The van der Waals surface area contributed by atoms with Crippen molar-refractivity contribution >= 4 is 17.0 Å². The summed E-state index contributed by atoms with van der Waals surface area (Å²) >= 11 is 0. The Hall–Kier alpha value is -1.55. The molecule has 0 radical (unpaired) electrons. The Kier molecular flexibility index (Phi) is 1.70. The molecule has 1 aromatic carbocycles. The van der Waals surface area contributed by atoms with Crippen LogP contribution in [0, 0.1) is 6.92 Å². The van der Waals surface area contributed by atoms with E-state index in [4.69, 9.17) is 5.84 Å². The summed E-state index contributed by atoms with van der Waals surface area (Å²) in [7, 11) is 1.93. The number of imidazole rings is 1. The molecule has 0 saturated carbocycles. The van der Waals surface area contributed by atoms with Crippen molar-refractivity contribution in [3.8, 4) is 0 Å². The molecule has 0 unspecified atom stereocenters. The molecule has 1 heterocycles. The Balaban J connectivity index is 2.77. The van der Waals surface area contributed by atoms with Crippen molar-refractivity contribution < 1.29 is 0 Å². The van der Waals surface area contributed by atoms with Crippen molar-refractivity contribution in [3.63, 3.8) is 0 Å². The van der Waals surface area contributed by atoms with E-state index in [-0.39, 0.29) is 0 Å². The number of benzene rings is 1. The van der Waals surface area contributed by atoms with Gasteiger partial charge in [-0.3, -0.25) is 5.43 Å². The third kappa shape index (κ3) is 1.15. The number of fused-ring (bicyclic) bond motifs is 1. The predicted molar refractivity (Wildman–Crippen MR) is 53.3 cm³/mol. The zero-order valence-electron chi connectivity index (χ0n) is 7.70. The molecular formula is C9H12N4. The van der Waals surface area contributed by atoms with Gasteiger partial charge in [-0.25, -0.2) is 10.8 Å². The predicted octanol–water partition coefficient (Wildman–Crippen LogP) is 1.17. The maximum Gasteiger partial charge on any atom is 0.218 e. The minimum absolute atomic E-state index is 0.681. The number of nitrogens with two attached hydrogens (primary N) is 1. The van der Waals surface area contributed by atoms with Crippen molar-refractivity contribution in [2.75, 3.05) is 5.43 Å². The number of aryl methyl sites for hydroxylation is 2. The second-order valence-corrected chi connectivity index (χ2v) is 3.13. The Morgan fingerprint density at radius 3 is 2.92 bits per heavy atom. The second-order valence-electron chi connectivity index (χ2n) is 3.13. The number of anilines is 1. The van der Waals surface area contributed by atoms with E-state index in [1.54, 1.807) is 0 Å². The summed E-state index contributed by atoms with van der Waals surface area (Å²) in [6.07, 6.45) is 0. The molecule has 13 heavy (non-hydrogen) atoms. The lowest BCUT2D eigenvalue weighted by atomic mass is 10.2. The first kappa shape index (κ1) is 8.07. The molecule has 0 aliphatic heterocycles. The number of nitrogens with one attached hydrogen (secondary N) is 1. The Bertz CT molecular complexity index is 444. The molecule has 0 bridgehead atoms. The van der Waals surface area contributed by atoms with Crippen molar-refractivity contribution in [1.29, 1.82) is 0 Å². The van der Waals surface area contributed by atoms with Crippen LogP contribution < -0.4 is 11.3 Å². The van der Waals surface area contributed by atoms with E-state index in [9.17, 15) is 0 Å². The van der Waals surface area contributed by atoms with Gasteiger partial charge in [0.05, 0.1) is 11.0 Å². The van der Waals surface area contributed by atoms with Crippen LogP contribution in [0.25, 0.3) is 11.0 Å². The van der Waals surface area contributed by atoms with Gasteiger partial charge in [0.25, 0.3) is 0 Å². The van der Waals surface area contributed by atoms with Crippen LogP contribution in [0.4, 0.5) is 5.95 Å². The van der Waals surface area contributed by atoms with Crippen molar-refractivity contribution in [2.24, 2.45) is 12.9 Å². The first-order chi connectivity index (χ1) is 6.22. The van der Waals surface area contributed by atoms with Gasteiger partial charge in [-0.1, -0.05) is 6.07 Å². The third-order valence-corrected chi connectivity index (χ3v) is 2.17. The van der Waals surface area contributed by atoms with E-state index in [0.717, 1.165) is 11.0 Å². The third-order valence-electron chi connectivity index (χ3n) is 2.17. The highest BCUT2D eigenvalue weighted by atomic mass is 15.3. The zero-order valence-corrected chi connectivity index (χ0v) is 7.70. The molecule has 0 atom stereocenters. The van der Waals surface area contributed by atoms with E-state index < -0.39 is 0 Å². The van der Waals surface area contributed by atoms with Crippen LogP contribution in [-0.4, -0.2) is 9.55 Å². The van der Waals surface area contributed by atoms with Gasteiger partial charge in [-0.15, -0.1) is 0 Å². The smallest absolute Gasteiger partial charge is 0.218 e. The van der Waals surface area contributed by atoms with Crippen LogP contribution in [0.15, 0.2) is 18.2 Å². The quantitative estimate of drug-likeness (QED) is 0.506. The highest BCUT2D eigenvalue weighted by Gasteiger charge is 2.05. The zero-order chi connectivity index (χ0) is 9.42. The van der Waals surface area contributed by atoms with E-state index >= 15 is 0 Å². The van der Waals surface area contributed by atoms with Crippen molar-refractivity contribution in [1.82, 2.24) is 9.55 Å². The minimum Gasteiger partial charge on any atom is -0.312 e. The van der Waals surface area contributed by atoms with Crippen LogP contribution in [0.3, 0.4) is 0 Å². The molecule has 0 aliphatic rings. The summed E-state index contributed by atoms with van der Waals surface area (Å²) in [6.45, 7) is 2.06. The average molecular weight is 176 g/mol. The van der Waals surface area contributed by atoms with Gasteiger partial charge in [0.1, 0.15) is 0 Å². The number of hydrogen-bond acceptors (Lipinski definition) is 3. The Morgan fingerprint density at radius 2 is 2.23 bits per heavy atom. The molecule has 3 N–H and O–H groups in total. The summed E-state index contributed by atoms with van der Waals surface area (Å²) in [5, 5.41) is 0. The maximum absolute atomic E-state index is 5.32. The van der Waals surface area contributed by atoms with Crippen LogP contribution >= 0.6 is 0 Å². The van der Waals surface area contributed by atoms with E-state index in [2.05, 4.69) is 23.4 Å². The fraction of sp³-hybridized carbons (Fsp3) is 0.222. The fourth-order valence-corrected chi connectivity index (χ4v) is 1.43. The first-order valence-electron chi connectivity index (χ1n) is 4.12. The van der Waals surface area contributed by atoms with Crippen molar-refractivity contribution in [2.45, 2.75) is 6.92 Å². The number of nitrogens with zero attached hydrogens (tertiary/aromatic N) is 2. The molecule has 0 saturated heterocycles. The molecule has 4 heteroatoms. The first-order valence-corrected chi connectivity index (χ1v) is 4.12. The fourth-order valence-electron chi connectivity index (χ4n) is 1.43. The number of nitrogen functional groups attached to an aromatic ring is 1. The molecule has 2 rings (SSSR count). The Morgan fingerprint density at radius 1 is 1.46 bits per heavy atom. The molecule has 4 nitrogen and oxygen atoms in total. The normalized spacial score (nSPS) is 10.7. The largest absolute Gasteiger partial charge is 0.312 e. The highest BCUT2D eigenvalue weighted by Crippen LogP contribution is 2.18. The molecule has 68 valence electrons. The average Bonchev–Trinajstić information content (AvgIpc) is 2.44. The molecule has 0 fully saturated rings. The lowest BCUT2D eigenvalue weighted by molar-refractivity contribution is 0.942. The molecule has 0 amide bonds. The maximum atomic E-state index is 5.32. The summed E-state index contributed by atoms with van der Waals surface area (Å²) in [6, 6.07) is 6.12. The summed E-state index contributed by atoms with van der Waals surface area (Å²) in [5.41, 5.74) is 5.83. The van der Waals surface area contributed by atoms with Crippen LogP contribution in [0.1, 0.15) is 5.56 Å². The molecule has 0 aliphatic carbocycles.